The second-order valence-electron chi connectivity index (χ2n) is 17.2. The summed E-state index contributed by atoms with van der Waals surface area (Å²) < 4.78 is 117. The maximum Gasteiger partial charge on any atom is 0.245 e. The molecular formula is C44H54Cl2F2N14O10S2. The molecule has 6 aromatic rings. The van der Waals surface area contributed by atoms with Crippen LogP contribution in [0, 0.1) is 11.8 Å². The molecule has 6 aromatic heterocycles. The molecule has 74 heavy (non-hydrogen) atoms. The van der Waals surface area contributed by atoms with Gasteiger partial charge in [-0.2, -0.15) is 19.9 Å². The van der Waals surface area contributed by atoms with E-state index in [0.29, 0.717) is 47.4 Å². The first-order valence-electron chi connectivity index (χ1n) is 22.8. The number of hydrogen-bond donors (Lipinski definition) is 0. The zero-order valence-electron chi connectivity index (χ0n) is 41.4. The van der Waals surface area contributed by atoms with Gasteiger partial charge in [-0.1, -0.05) is 23.2 Å². The van der Waals surface area contributed by atoms with Gasteiger partial charge in [-0.3, -0.25) is 17.9 Å². The SMILES string of the molecule is COc1ncnc(OC)c1-n1c(CS(=O)(=O)[C@@H](C)[C@H](OC)c2ncc(Cl)cn2)nnc1[C@@H]1CC[C@@H]1CF.COc1ncnc(OC)c1-n1c(CS(=O)(=O)[C@@H](C)[C@H](OC)c2ncc(Cl)cn2)nnc1[C@H]1CC[C@H]1CF. The molecule has 0 N–H and O–H groups in total. The fourth-order valence-electron chi connectivity index (χ4n) is 8.63. The van der Waals surface area contributed by atoms with E-state index in [-0.39, 0.29) is 81.9 Å². The maximum absolute atomic E-state index is 13.6. The number of rotatable bonds is 22. The van der Waals surface area contributed by atoms with E-state index >= 15 is 0 Å². The van der Waals surface area contributed by atoms with Crippen LogP contribution in [0.25, 0.3) is 11.4 Å². The first-order chi connectivity index (χ1) is 35.5. The molecule has 6 heterocycles. The number of aromatic nitrogens is 14. The van der Waals surface area contributed by atoms with Gasteiger partial charge in [0.1, 0.15) is 48.0 Å². The summed E-state index contributed by atoms with van der Waals surface area (Å²) in [4.78, 5) is 33.0. The normalized spacial score (nSPS) is 19.2. The fourth-order valence-corrected chi connectivity index (χ4v) is 11.7. The first kappa shape index (κ1) is 55.8. The van der Waals surface area contributed by atoms with Gasteiger partial charge < -0.3 is 28.4 Å². The van der Waals surface area contributed by atoms with Gasteiger partial charge >= 0.3 is 0 Å². The molecule has 0 amide bonds. The van der Waals surface area contributed by atoms with Crippen molar-refractivity contribution in [2.45, 2.75) is 85.6 Å². The van der Waals surface area contributed by atoms with Crippen LogP contribution in [-0.2, 0) is 40.7 Å². The van der Waals surface area contributed by atoms with Crippen molar-refractivity contribution in [3.8, 4) is 34.9 Å². The number of methoxy groups -OCH3 is 6. The van der Waals surface area contributed by atoms with Gasteiger partial charge in [0, 0.05) is 50.8 Å². The van der Waals surface area contributed by atoms with Crippen molar-refractivity contribution in [1.29, 1.82) is 0 Å². The Morgan fingerprint density at radius 2 is 0.865 bits per heavy atom. The second-order valence-corrected chi connectivity index (χ2v) is 22.7. The molecule has 0 saturated heterocycles. The highest BCUT2D eigenvalue weighted by molar-refractivity contribution is 7.91. The smallest absolute Gasteiger partial charge is 0.245 e. The molecule has 2 aliphatic rings. The topological polar surface area (TPSA) is 288 Å². The van der Waals surface area contributed by atoms with Crippen LogP contribution in [0.2, 0.25) is 10.0 Å². The lowest BCUT2D eigenvalue weighted by atomic mass is 9.74. The zero-order chi connectivity index (χ0) is 53.5. The Kier molecular flexibility index (Phi) is 18.2. The number of nitrogens with zero attached hydrogens (tertiary/aromatic N) is 14. The predicted octanol–water partition coefficient (Wildman–Crippen LogP) is 5.34. The average molecular weight is 1110 g/mol. The lowest BCUT2D eigenvalue weighted by Crippen LogP contribution is -2.31. The van der Waals surface area contributed by atoms with Crippen LogP contribution >= 0.6 is 23.2 Å². The largest absolute Gasteiger partial charge is 0.479 e. The van der Waals surface area contributed by atoms with Crippen molar-refractivity contribution in [3.63, 3.8) is 0 Å². The van der Waals surface area contributed by atoms with Crippen LogP contribution in [0.1, 0.15) is 98.5 Å². The molecule has 2 fully saturated rings. The van der Waals surface area contributed by atoms with E-state index in [9.17, 15) is 25.6 Å². The van der Waals surface area contributed by atoms with Gasteiger partial charge in [0.2, 0.25) is 23.5 Å². The van der Waals surface area contributed by atoms with Crippen molar-refractivity contribution >= 4 is 42.9 Å². The van der Waals surface area contributed by atoms with Crippen molar-refractivity contribution < 1.29 is 54.0 Å². The van der Waals surface area contributed by atoms with Crippen LogP contribution in [0.15, 0.2) is 37.4 Å². The Morgan fingerprint density at radius 1 is 0.541 bits per heavy atom. The fraction of sp³-hybridized carbons (Fsp3) is 0.545. The number of sulfone groups is 2. The van der Waals surface area contributed by atoms with E-state index in [0.717, 1.165) is 0 Å². The Balaban J connectivity index is 0.000000216. The third-order valence-electron chi connectivity index (χ3n) is 13.1. The Bertz CT molecular complexity index is 2840. The molecule has 400 valence electrons. The summed E-state index contributed by atoms with van der Waals surface area (Å²) in [5.41, 5.74) is 0.471. The van der Waals surface area contributed by atoms with Gasteiger partial charge in [0.15, 0.2) is 54.3 Å². The minimum atomic E-state index is -3.93. The molecule has 0 aliphatic heterocycles. The standard InChI is InChI=1S/2C22H27ClFN7O5S/c2*1-12(18(34-2)19-25-8-14(23)9-26-19)37(32,33)10-16-29-30-20(15-6-5-13(15)7-24)31(16)17-21(35-3)27-11-28-22(17)36-4/h2*8-9,11-13,15,18H,5-7,10H2,1-4H3/t12-,13+,15+,18-;12-,13-,15-,18-/m00/s1. The summed E-state index contributed by atoms with van der Waals surface area (Å²) in [6.07, 6.45) is 8.77. The summed E-state index contributed by atoms with van der Waals surface area (Å²) >= 11 is 11.7. The quantitative estimate of drug-likeness (QED) is 0.0828. The minimum Gasteiger partial charge on any atom is -0.479 e. The van der Waals surface area contributed by atoms with E-state index in [1.54, 1.807) is 0 Å². The highest BCUT2D eigenvalue weighted by Crippen LogP contribution is 2.46. The maximum atomic E-state index is 13.6. The minimum absolute atomic E-state index is 0.0737. The Labute approximate surface area is 435 Å². The lowest BCUT2D eigenvalue weighted by molar-refractivity contribution is 0.0947. The first-order valence-corrected chi connectivity index (χ1v) is 27.0. The van der Waals surface area contributed by atoms with Gasteiger partial charge in [0.25, 0.3) is 0 Å². The average Bonchev–Trinajstić information content (AvgIpc) is 3.96. The predicted molar refractivity (Wildman–Crippen MR) is 261 cm³/mol. The van der Waals surface area contributed by atoms with Gasteiger partial charge in [0.05, 0.1) is 62.3 Å². The molecule has 0 bridgehead atoms. The third-order valence-corrected chi connectivity index (χ3v) is 17.6. The van der Waals surface area contributed by atoms with Crippen LogP contribution in [-0.4, -0.2) is 153 Å². The summed E-state index contributed by atoms with van der Waals surface area (Å²) in [5, 5.41) is 15.5. The molecule has 8 rings (SSSR count). The molecule has 30 heteroatoms. The monoisotopic (exact) mass is 1110 g/mol. The van der Waals surface area contributed by atoms with Gasteiger partial charge in [-0.25, -0.2) is 36.8 Å². The molecule has 8 atom stereocenters. The molecule has 0 aromatic carbocycles. The molecular weight excluding hydrogens is 1060 g/mol. The van der Waals surface area contributed by atoms with Crippen LogP contribution in [0.4, 0.5) is 8.78 Å². The van der Waals surface area contributed by atoms with Crippen molar-refractivity contribution in [3.05, 3.63) is 82.4 Å². The summed E-state index contributed by atoms with van der Waals surface area (Å²) in [6.45, 7) is 1.94. The highest BCUT2D eigenvalue weighted by Gasteiger charge is 2.42. The molecule has 0 radical (unpaired) electrons. The third kappa shape index (κ3) is 11.5. The number of hydrogen-bond acceptors (Lipinski definition) is 22. The van der Waals surface area contributed by atoms with Crippen LogP contribution in [0.3, 0.4) is 0 Å². The zero-order valence-corrected chi connectivity index (χ0v) is 44.6. The van der Waals surface area contributed by atoms with E-state index in [1.807, 2.05) is 0 Å². The van der Waals surface area contributed by atoms with Crippen LogP contribution < -0.4 is 18.9 Å². The van der Waals surface area contributed by atoms with Crippen LogP contribution in [0.5, 0.6) is 23.5 Å². The molecule has 2 saturated carbocycles. The Hall–Kier alpha value is -5.94. The highest BCUT2D eigenvalue weighted by atomic mass is 35.5. The van der Waals surface area contributed by atoms with E-state index in [1.165, 1.54) is 103 Å². The molecule has 0 spiro atoms. The van der Waals surface area contributed by atoms with E-state index in [2.05, 4.69) is 60.3 Å². The van der Waals surface area contributed by atoms with Gasteiger partial charge in [-0.15, -0.1) is 20.4 Å². The molecule has 2 aliphatic carbocycles. The second kappa shape index (κ2) is 24.2. The number of ether oxygens (including phenoxy) is 6. The summed E-state index contributed by atoms with van der Waals surface area (Å²) in [5.74, 6) is -0.327. The summed E-state index contributed by atoms with van der Waals surface area (Å²) in [7, 11) is 0.543. The van der Waals surface area contributed by atoms with Crippen molar-refractivity contribution in [2.75, 3.05) is 56.0 Å². The number of alkyl halides is 2. The van der Waals surface area contributed by atoms with Crippen molar-refractivity contribution in [2.24, 2.45) is 11.8 Å². The van der Waals surface area contributed by atoms with Crippen molar-refractivity contribution in [1.82, 2.24) is 69.4 Å². The number of halogens is 4. The molecule has 24 nitrogen and oxygen atoms in total. The van der Waals surface area contributed by atoms with E-state index in [4.69, 9.17) is 51.6 Å². The lowest BCUT2D eigenvalue weighted by Gasteiger charge is -2.34. The van der Waals surface area contributed by atoms with Gasteiger partial charge in [-0.05, 0) is 51.4 Å². The Morgan fingerprint density at radius 3 is 1.12 bits per heavy atom. The molecule has 0 unspecified atom stereocenters. The summed E-state index contributed by atoms with van der Waals surface area (Å²) in [6, 6.07) is 0. The van der Waals surface area contributed by atoms with E-state index < -0.39 is 67.2 Å².